The van der Waals surface area contributed by atoms with Gasteiger partial charge in [-0.2, -0.15) is 0 Å². The molecule has 1 aliphatic heterocycles. The van der Waals surface area contributed by atoms with Crippen molar-refractivity contribution in [3.8, 4) is 0 Å². The standard InChI is InChI=1S/C14H24N4O2/c1-8(2)13-16-12(15)9(3)14(17-13)18-6-10(19-4)11(7-18)20-5/h8,10-11H,6-7H2,1-5H3,(H2,15,16,17). The van der Waals surface area contributed by atoms with E-state index in [1.165, 1.54) is 0 Å². The smallest absolute Gasteiger partial charge is 0.137 e. The molecule has 1 fully saturated rings. The molecule has 2 rings (SSSR count). The van der Waals surface area contributed by atoms with Gasteiger partial charge in [0.15, 0.2) is 0 Å². The number of hydrogen-bond acceptors (Lipinski definition) is 6. The highest BCUT2D eigenvalue weighted by Gasteiger charge is 2.34. The number of hydrogen-bond donors (Lipinski definition) is 1. The van der Waals surface area contributed by atoms with Gasteiger partial charge in [-0.1, -0.05) is 13.8 Å². The predicted molar refractivity (Wildman–Crippen MR) is 79.1 cm³/mol. The summed E-state index contributed by atoms with van der Waals surface area (Å²) in [7, 11) is 3.42. The van der Waals surface area contributed by atoms with E-state index < -0.39 is 0 Å². The third-order valence-corrected chi connectivity index (χ3v) is 3.81. The molecule has 1 aromatic rings. The predicted octanol–water partition coefficient (Wildman–Crippen LogP) is 1.34. The molecule has 2 atom stereocenters. The van der Waals surface area contributed by atoms with Crippen LogP contribution < -0.4 is 10.6 Å². The Morgan fingerprint density at radius 2 is 1.70 bits per heavy atom. The van der Waals surface area contributed by atoms with Crippen LogP contribution in [-0.2, 0) is 9.47 Å². The highest BCUT2D eigenvalue weighted by molar-refractivity contribution is 5.57. The second kappa shape index (κ2) is 5.93. The third-order valence-electron chi connectivity index (χ3n) is 3.81. The summed E-state index contributed by atoms with van der Waals surface area (Å²) in [6, 6.07) is 0. The highest BCUT2D eigenvalue weighted by atomic mass is 16.5. The normalized spacial score (nSPS) is 22.8. The van der Waals surface area contributed by atoms with Gasteiger partial charge in [0.25, 0.3) is 0 Å². The molecule has 112 valence electrons. The summed E-state index contributed by atoms with van der Waals surface area (Å²) in [5.74, 6) is 2.46. The molecule has 2 unspecified atom stereocenters. The van der Waals surface area contributed by atoms with Crippen molar-refractivity contribution in [2.75, 3.05) is 37.9 Å². The lowest BCUT2D eigenvalue weighted by atomic mass is 10.2. The minimum absolute atomic E-state index is 0.0538. The number of rotatable bonds is 4. The average Bonchev–Trinajstić information content (AvgIpc) is 2.84. The highest BCUT2D eigenvalue weighted by Crippen LogP contribution is 2.28. The van der Waals surface area contributed by atoms with Crippen molar-refractivity contribution in [1.82, 2.24) is 9.97 Å². The summed E-state index contributed by atoms with van der Waals surface area (Å²) in [6.45, 7) is 7.59. The molecule has 20 heavy (non-hydrogen) atoms. The molecular weight excluding hydrogens is 256 g/mol. The van der Waals surface area contributed by atoms with Crippen LogP contribution in [0.3, 0.4) is 0 Å². The Kier molecular flexibility index (Phi) is 4.45. The van der Waals surface area contributed by atoms with E-state index in [0.29, 0.717) is 5.82 Å². The fourth-order valence-corrected chi connectivity index (χ4v) is 2.47. The molecule has 6 heteroatoms. The van der Waals surface area contributed by atoms with Crippen LogP contribution in [0.2, 0.25) is 0 Å². The molecule has 0 aliphatic carbocycles. The number of ether oxygens (including phenoxy) is 2. The van der Waals surface area contributed by atoms with Crippen molar-refractivity contribution < 1.29 is 9.47 Å². The van der Waals surface area contributed by atoms with Crippen molar-refractivity contribution in [3.63, 3.8) is 0 Å². The van der Waals surface area contributed by atoms with Gasteiger partial charge in [-0.25, -0.2) is 9.97 Å². The van der Waals surface area contributed by atoms with E-state index in [0.717, 1.165) is 30.3 Å². The van der Waals surface area contributed by atoms with Gasteiger partial charge in [0.2, 0.25) is 0 Å². The van der Waals surface area contributed by atoms with Crippen molar-refractivity contribution in [3.05, 3.63) is 11.4 Å². The lowest BCUT2D eigenvalue weighted by molar-refractivity contribution is -0.00461. The van der Waals surface area contributed by atoms with Crippen LogP contribution in [0.25, 0.3) is 0 Å². The molecule has 0 bridgehead atoms. The van der Waals surface area contributed by atoms with Crippen molar-refractivity contribution in [2.24, 2.45) is 0 Å². The fourth-order valence-electron chi connectivity index (χ4n) is 2.47. The SMILES string of the molecule is COC1CN(c2nc(C(C)C)nc(N)c2C)CC1OC. The van der Waals surface area contributed by atoms with Crippen LogP contribution in [0, 0.1) is 6.92 Å². The number of nitrogens with zero attached hydrogens (tertiary/aromatic N) is 3. The molecule has 0 saturated carbocycles. The summed E-state index contributed by atoms with van der Waals surface area (Å²) in [4.78, 5) is 11.2. The summed E-state index contributed by atoms with van der Waals surface area (Å²) in [6.07, 6.45) is 0.108. The number of aromatic nitrogens is 2. The van der Waals surface area contributed by atoms with E-state index in [4.69, 9.17) is 15.2 Å². The molecule has 1 aliphatic rings. The zero-order valence-corrected chi connectivity index (χ0v) is 12.9. The lowest BCUT2D eigenvalue weighted by Crippen LogP contribution is -2.27. The van der Waals surface area contributed by atoms with Gasteiger partial charge < -0.3 is 20.1 Å². The summed E-state index contributed by atoms with van der Waals surface area (Å²) < 4.78 is 10.9. The van der Waals surface area contributed by atoms with E-state index in [1.54, 1.807) is 14.2 Å². The Bertz CT molecular complexity index is 466. The van der Waals surface area contributed by atoms with Crippen LogP contribution in [0.15, 0.2) is 0 Å². The Labute approximate surface area is 120 Å². The van der Waals surface area contributed by atoms with Crippen molar-refractivity contribution in [2.45, 2.75) is 38.9 Å². The van der Waals surface area contributed by atoms with E-state index in [9.17, 15) is 0 Å². The molecule has 6 nitrogen and oxygen atoms in total. The quantitative estimate of drug-likeness (QED) is 0.897. The lowest BCUT2D eigenvalue weighted by Gasteiger charge is -2.21. The molecule has 2 heterocycles. The van der Waals surface area contributed by atoms with Gasteiger partial charge in [-0.3, -0.25) is 0 Å². The molecule has 0 amide bonds. The van der Waals surface area contributed by atoms with Gasteiger partial charge in [-0.05, 0) is 6.92 Å². The monoisotopic (exact) mass is 280 g/mol. The largest absolute Gasteiger partial charge is 0.383 e. The topological polar surface area (TPSA) is 73.5 Å². The zero-order valence-electron chi connectivity index (χ0n) is 12.9. The van der Waals surface area contributed by atoms with Gasteiger partial charge in [0.1, 0.15) is 29.7 Å². The molecule has 1 aromatic heterocycles. The van der Waals surface area contributed by atoms with Crippen LogP contribution in [-0.4, -0.2) is 49.5 Å². The maximum Gasteiger partial charge on any atom is 0.137 e. The minimum Gasteiger partial charge on any atom is -0.383 e. The number of nitrogen functional groups attached to an aromatic ring is 1. The first kappa shape index (κ1) is 15.0. The number of nitrogens with two attached hydrogens (primary N) is 1. The van der Waals surface area contributed by atoms with Crippen molar-refractivity contribution >= 4 is 11.6 Å². The molecular formula is C14H24N4O2. The first-order valence-electron chi connectivity index (χ1n) is 6.92. The van der Waals surface area contributed by atoms with Gasteiger partial charge >= 0.3 is 0 Å². The Morgan fingerprint density at radius 1 is 1.15 bits per heavy atom. The summed E-state index contributed by atoms with van der Waals surface area (Å²) in [5.41, 5.74) is 6.94. The fraction of sp³-hybridized carbons (Fsp3) is 0.714. The molecule has 1 saturated heterocycles. The number of methoxy groups -OCH3 is 2. The van der Waals surface area contributed by atoms with Crippen LogP contribution in [0.1, 0.15) is 31.2 Å². The molecule has 0 aromatic carbocycles. The first-order chi connectivity index (χ1) is 9.47. The zero-order chi connectivity index (χ0) is 14.9. The molecule has 0 spiro atoms. The van der Waals surface area contributed by atoms with E-state index >= 15 is 0 Å². The van der Waals surface area contributed by atoms with Crippen molar-refractivity contribution in [1.29, 1.82) is 0 Å². The third kappa shape index (κ3) is 2.71. The Hall–Kier alpha value is -1.40. The second-order valence-corrected chi connectivity index (χ2v) is 5.52. The van der Waals surface area contributed by atoms with Gasteiger partial charge in [-0.15, -0.1) is 0 Å². The van der Waals surface area contributed by atoms with Gasteiger partial charge in [0, 0.05) is 38.8 Å². The Morgan fingerprint density at radius 3 is 2.15 bits per heavy atom. The van der Waals surface area contributed by atoms with E-state index in [1.807, 2.05) is 6.92 Å². The summed E-state index contributed by atoms with van der Waals surface area (Å²) in [5, 5.41) is 0. The van der Waals surface area contributed by atoms with E-state index in [-0.39, 0.29) is 18.1 Å². The minimum atomic E-state index is 0.0538. The number of anilines is 2. The Balaban J connectivity index is 2.33. The van der Waals surface area contributed by atoms with Crippen LogP contribution in [0.5, 0.6) is 0 Å². The maximum atomic E-state index is 6.02. The maximum absolute atomic E-state index is 6.02. The first-order valence-corrected chi connectivity index (χ1v) is 6.92. The summed E-state index contributed by atoms with van der Waals surface area (Å²) >= 11 is 0. The van der Waals surface area contributed by atoms with Crippen LogP contribution in [0.4, 0.5) is 11.6 Å². The second-order valence-electron chi connectivity index (χ2n) is 5.52. The van der Waals surface area contributed by atoms with E-state index in [2.05, 4.69) is 28.7 Å². The van der Waals surface area contributed by atoms with Crippen LogP contribution >= 0.6 is 0 Å². The molecule has 0 radical (unpaired) electrons. The average molecular weight is 280 g/mol. The van der Waals surface area contributed by atoms with Gasteiger partial charge in [0.05, 0.1) is 0 Å². The molecule has 2 N–H and O–H groups in total.